The number of rotatable bonds is 13. The Bertz CT molecular complexity index is 1550. The Kier molecular flexibility index (Phi) is 9.86. The molecule has 43 heavy (non-hydrogen) atoms. The number of benzene rings is 2. The van der Waals surface area contributed by atoms with Gasteiger partial charge in [-0.15, -0.1) is 0 Å². The first-order chi connectivity index (χ1) is 20.5. The number of halogens is 1. The van der Waals surface area contributed by atoms with Crippen molar-refractivity contribution in [1.82, 2.24) is 25.6 Å². The Balaban J connectivity index is 1.41. The highest BCUT2D eigenvalue weighted by molar-refractivity contribution is 5.95. The van der Waals surface area contributed by atoms with E-state index in [-0.39, 0.29) is 30.4 Å². The van der Waals surface area contributed by atoms with E-state index in [1.54, 1.807) is 26.0 Å². The molecule has 0 bridgehead atoms. The number of amides is 1. The van der Waals surface area contributed by atoms with Gasteiger partial charge in [0.1, 0.15) is 18.2 Å². The van der Waals surface area contributed by atoms with Gasteiger partial charge in [0.2, 0.25) is 17.5 Å². The van der Waals surface area contributed by atoms with Crippen LogP contribution in [-0.4, -0.2) is 50.8 Å². The van der Waals surface area contributed by atoms with Crippen molar-refractivity contribution in [2.45, 2.75) is 59.1 Å². The molecule has 0 aliphatic rings. The number of carbonyl (C=O) groups is 2. The number of hydrogen-bond donors (Lipinski definition) is 2. The van der Waals surface area contributed by atoms with E-state index in [2.05, 4.69) is 39.4 Å². The number of nitrogens with two attached hydrogens (primary N) is 1. The molecule has 0 radical (unpaired) electrons. The second-order valence-electron chi connectivity index (χ2n) is 11.0. The predicted molar refractivity (Wildman–Crippen MR) is 153 cm³/mol. The minimum absolute atomic E-state index is 0.122. The lowest BCUT2D eigenvalue weighted by atomic mass is 10.0. The van der Waals surface area contributed by atoms with E-state index in [0.717, 1.165) is 11.6 Å². The molecular formula is C30H35FN6O6. The number of hydrogen-bond acceptors (Lipinski definition) is 11. The summed E-state index contributed by atoms with van der Waals surface area (Å²) in [6, 6.07) is 11.2. The van der Waals surface area contributed by atoms with Gasteiger partial charge >= 0.3 is 5.97 Å². The van der Waals surface area contributed by atoms with Gasteiger partial charge in [0.25, 0.3) is 11.8 Å². The van der Waals surface area contributed by atoms with Gasteiger partial charge in [-0.1, -0.05) is 37.2 Å². The van der Waals surface area contributed by atoms with Gasteiger partial charge in [0.05, 0.1) is 17.6 Å². The van der Waals surface area contributed by atoms with Crippen LogP contribution in [0.1, 0.15) is 69.3 Å². The topological polar surface area (TPSA) is 168 Å². The highest BCUT2D eigenvalue weighted by atomic mass is 19.1. The summed E-state index contributed by atoms with van der Waals surface area (Å²) in [7, 11) is 0. The molecule has 0 spiro atoms. The third-order valence-corrected chi connectivity index (χ3v) is 6.21. The Labute approximate surface area is 248 Å². The van der Waals surface area contributed by atoms with Gasteiger partial charge in [0, 0.05) is 17.5 Å². The maximum Gasteiger partial charge on any atom is 0.319 e. The first kappa shape index (κ1) is 31.3. The van der Waals surface area contributed by atoms with Gasteiger partial charge in [-0.2, -0.15) is 9.97 Å². The fourth-order valence-electron chi connectivity index (χ4n) is 4.01. The van der Waals surface area contributed by atoms with Crippen LogP contribution in [0.15, 0.2) is 51.5 Å². The first-order valence-corrected chi connectivity index (χ1v) is 13.9. The van der Waals surface area contributed by atoms with Crippen LogP contribution in [0, 0.1) is 11.7 Å². The highest BCUT2D eigenvalue weighted by Crippen LogP contribution is 2.28. The monoisotopic (exact) mass is 594 g/mol. The lowest BCUT2D eigenvalue weighted by Gasteiger charge is -2.25. The molecule has 3 N–H and O–H groups in total. The van der Waals surface area contributed by atoms with Crippen LogP contribution in [0.3, 0.4) is 0 Å². The van der Waals surface area contributed by atoms with Gasteiger partial charge in [0.15, 0.2) is 6.10 Å². The molecule has 0 aliphatic heterocycles. The summed E-state index contributed by atoms with van der Waals surface area (Å²) in [6.45, 7) is 8.95. The van der Waals surface area contributed by atoms with Crippen molar-refractivity contribution in [3.05, 3.63) is 65.6 Å². The molecule has 0 saturated carbocycles. The molecule has 12 nitrogen and oxygen atoms in total. The summed E-state index contributed by atoms with van der Waals surface area (Å²) in [5.74, 6) is 0.368. The summed E-state index contributed by atoms with van der Waals surface area (Å²) in [4.78, 5) is 32.9. The van der Waals surface area contributed by atoms with Crippen LogP contribution in [0.2, 0.25) is 0 Å². The lowest BCUT2D eigenvalue weighted by Crippen LogP contribution is -2.48. The zero-order valence-corrected chi connectivity index (χ0v) is 24.7. The van der Waals surface area contributed by atoms with E-state index < -0.39 is 29.3 Å². The standard InChI is InChI=1S/C30H35FN6O6/c1-6-23(41-20-10-7-18(8-11-20)26-33-24(42-36-26)13-17(2)3)29-34-27(37-43-29)19-9-12-21(22(31)14-19)28(39)35-30(4,5)16-40-25(38)15-32/h7-12,14,17,23H,6,13,15-16,32H2,1-5H3,(H,35,39). The third-order valence-electron chi connectivity index (χ3n) is 6.21. The summed E-state index contributed by atoms with van der Waals surface area (Å²) in [5.41, 5.74) is 5.19. The number of ether oxygens (including phenoxy) is 2. The van der Waals surface area contributed by atoms with Gasteiger partial charge in [-0.3, -0.25) is 9.59 Å². The number of nitrogens with one attached hydrogen (secondary N) is 1. The molecule has 1 amide bonds. The largest absolute Gasteiger partial charge is 0.481 e. The molecule has 228 valence electrons. The van der Waals surface area contributed by atoms with Gasteiger partial charge in [-0.05, 0) is 62.6 Å². The van der Waals surface area contributed by atoms with Crippen LogP contribution in [-0.2, 0) is 16.0 Å². The Morgan fingerprint density at radius 1 is 1.02 bits per heavy atom. The smallest absolute Gasteiger partial charge is 0.319 e. The fourth-order valence-corrected chi connectivity index (χ4v) is 4.01. The molecule has 2 aromatic carbocycles. The van der Waals surface area contributed by atoms with E-state index in [0.29, 0.717) is 41.8 Å². The molecule has 0 fully saturated rings. The molecule has 2 aromatic heterocycles. The van der Waals surface area contributed by atoms with Crippen molar-refractivity contribution in [3.63, 3.8) is 0 Å². The maximum atomic E-state index is 15.0. The lowest BCUT2D eigenvalue weighted by molar-refractivity contribution is -0.143. The molecule has 13 heteroatoms. The Morgan fingerprint density at radius 3 is 2.35 bits per heavy atom. The van der Waals surface area contributed by atoms with Crippen molar-refractivity contribution >= 4 is 11.9 Å². The van der Waals surface area contributed by atoms with E-state index in [1.807, 2.05) is 19.1 Å². The van der Waals surface area contributed by atoms with Crippen LogP contribution in [0.4, 0.5) is 4.39 Å². The molecule has 4 aromatic rings. The van der Waals surface area contributed by atoms with Crippen molar-refractivity contribution < 1.29 is 32.5 Å². The van der Waals surface area contributed by atoms with Crippen molar-refractivity contribution in [3.8, 4) is 28.5 Å². The second-order valence-corrected chi connectivity index (χ2v) is 11.0. The second kappa shape index (κ2) is 13.6. The van der Waals surface area contributed by atoms with E-state index in [4.69, 9.17) is 24.3 Å². The minimum Gasteiger partial charge on any atom is -0.481 e. The predicted octanol–water partition coefficient (Wildman–Crippen LogP) is 4.66. The van der Waals surface area contributed by atoms with Crippen molar-refractivity contribution in [1.29, 1.82) is 0 Å². The zero-order chi connectivity index (χ0) is 31.1. The number of aromatic nitrogens is 4. The molecule has 0 aliphatic carbocycles. The quantitative estimate of drug-likeness (QED) is 0.206. The highest BCUT2D eigenvalue weighted by Gasteiger charge is 2.26. The average Bonchev–Trinajstić information content (AvgIpc) is 3.65. The summed E-state index contributed by atoms with van der Waals surface area (Å²) < 4.78 is 36.8. The number of carbonyl (C=O) groups excluding carboxylic acids is 2. The van der Waals surface area contributed by atoms with Gasteiger partial charge < -0.3 is 29.6 Å². The van der Waals surface area contributed by atoms with E-state index in [1.165, 1.54) is 12.1 Å². The van der Waals surface area contributed by atoms with Crippen molar-refractivity contribution in [2.75, 3.05) is 13.2 Å². The molecule has 1 unspecified atom stereocenters. The first-order valence-electron chi connectivity index (χ1n) is 13.9. The van der Waals surface area contributed by atoms with Crippen LogP contribution in [0.25, 0.3) is 22.8 Å². The van der Waals surface area contributed by atoms with E-state index >= 15 is 0 Å². The van der Waals surface area contributed by atoms with Crippen molar-refractivity contribution in [2.24, 2.45) is 11.7 Å². The summed E-state index contributed by atoms with van der Waals surface area (Å²) in [6.07, 6.45) is 0.676. The molecule has 2 heterocycles. The minimum atomic E-state index is -0.949. The van der Waals surface area contributed by atoms with Gasteiger partial charge in [-0.25, -0.2) is 4.39 Å². The maximum absolute atomic E-state index is 15.0. The van der Waals surface area contributed by atoms with E-state index in [9.17, 15) is 14.0 Å². The number of nitrogens with zero attached hydrogens (tertiary/aromatic N) is 4. The van der Waals surface area contributed by atoms with Crippen LogP contribution >= 0.6 is 0 Å². The van der Waals surface area contributed by atoms with Crippen LogP contribution < -0.4 is 15.8 Å². The summed E-state index contributed by atoms with van der Waals surface area (Å²) >= 11 is 0. The SMILES string of the molecule is CCC(Oc1ccc(-c2noc(CC(C)C)n2)cc1)c1nc(-c2ccc(C(=O)NC(C)(C)COC(=O)CN)c(F)c2)no1. The van der Waals surface area contributed by atoms with Crippen LogP contribution in [0.5, 0.6) is 5.75 Å². The molecular weight excluding hydrogens is 559 g/mol. The molecule has 4 rings (SSSR count). The Morgan fingerprint density at radius 2 is 1.70 bits per heavy atom. The summed E-state index contributed by atoms with van der Waals surface area (Å²) in [5, 5.41) is 10.7. The molecule has 1 atom stereocenters. The Hall–Kier alpha value is -4.65. The molecule has 0 saturated heterocycles. The zero-order valence-electron chi connectivity index (χ0n) is 24.7. The normalized spacial score (nSPS) is 12.3. The third kappa shape index (κ3) is 8.22. The fraction of sp³-hybridized carbons (Fsp3) is 0.400. The number of esters is 1. The average molecular weight is 595 g/mol.